The third kappa shape index (κ3) is 7.33. The Labute approximate surface area is 194 Å². The maximum absolute atomic E-state index is 13.5. The first kappa shape index (κ1) is 26.4. The molecule has 2 rings (SSSR count). The van der Waals surface area contributed by atoms with E-state index in [2.05, 4.69) is 13.2 Å². The van der Waals surface area contributed by atoms with Crippen molar-refractivity contribution in [1.82, 2.24) is 0 Å². The van der Waals surface area contributed by atoms with E-state index in [9.17, 15) is 27.6 Å². The van der Waals surface area contributed by atoms with E-state index in [0.29, 0.717) is 12.0 Å². The van der Waals surface area contributed by atoms with Gasteiger partial charge in [-0.15, -0.1) is 0 Å². The Hall–Kier alpha value is -3.88. The molecule has 0 fully saturated rings. The minimum Gasteiger partial charge on any atom is -0.462 e. The highest BCUT2D eigenvalue weighted by molar-refractivity contribution is 5.90. The van der Waals surface area contributed by atoms with Gasteiger partial charge in [0.2, 0.25) is 0 Å². The highest BCUT2D eigenvalue weighted by Gasteiger charge is 2.35. The van der Waals surface area contributed by atoms with E-state index < -0.39 is 35.4 Å². The molecule has 0 atom stereocenters. The van der Waals surface area contributed by atoms with Crippen LogP contribution in [0.3, 0.4) is 0 Å². The molecule has 180 valence electrons. The Bertz CT molecular complexity index is 1100. The average molecular weight is 476 g/mol. The summed E-state index contributed by atoms with van der Waals surface area (Å²) in [4.78, 5) is 35.1. The van der Waals surface area contributed by atoms with Gasteiger partial charge in [0, 0.05) is 17.6 Å². The number of ether oxygens (including phenoxy) is 3. The first-order valence-corrected chi connectivity index (χ1v) is 10.1. The van der Waals surface area contributed by atoms with Crippen molar-refractivity contribution in [3.63, 3.8) is 0 Å². The zero-order valence-electron chi connectivity index (χ0n) is 18.7. The first-order valence-electron chi connectivity index (χ1n) is 10.1. The number of halogens is 3. The summed E-state index contributed by atoms with van der Waals surface area (Å²) in [6.45, 7) is 9.73. The molecule has 0 N–H and O–H groups in total. The van der Waals surface area contributed by atoms with Crippen molar-refractivity contribution in [3.8, 4) is 16.9 Å². The number of carbonyl (C=O) groups is 3. The maximum atomic E-state index is 13.5. The van der Waals surface area contributed by atoms with Gasteiger partial charge in [0.1, 0.15) is 5.75 Å². The van der Waals surface area contributed by atoms with Gasteiger partial charge in [0.15, 0.2) is 0 Å². The van der Waals surface area contributed by atoms with Gasteiger partial charge in [-0.2, -0.15) is 13.2 Å². The van der Waals surface area contributed by atoms with Crippen LogP contribution in [0, 0.1) is 0 Å². The first-order chi connectivity index (χ1) is 15.9. The lowest BCUT2D eigenvalue weighted by Crippen LogP contribution is -2.14. The van der Waals surface area contributed by atoms with Crippen LogP contribution in [0.5, 0.6) is 5.75 Å². The average Bonchev–Trinajstić information content (AvgIpc) is 2.78. The second kappa shape index (κ2) is 11.3. The normalized spacial score (nSPS) is 10.9. The minimum atomic E-state index is -4.76. The molecule has 0 amide bonds. The molecule has 0 spiro atoms. The van der Waals surface area contributed by atoms with Gasteiger partial charge in [-0.1, -0.05) is 31.4 Å². The zero-order chi connectivity index (χ0) is 25.5. The number of hydrogen-bond acceptors (Lipinski definition) is 6. The third-order valence-electron chi connectivity index (χ3n) is 4.39. The zero-order valence-corrected chi connectivity index (χ0v) is 18.7. The maximum Gasteiger partial charge on any atom is 0.420 e. The number of esters is 3. The van der Waals surface area contributed by atoms with Crippen LogP contribution >= 0.6 is 0 Å². The Morgan fingerprint density at radius 3 is 1.94 bits per heavy atom. The summed E-state index contributed by atoms with van der Waals surface area (Å²) in [6, 6.07) is 9.07. The molecule has 2 aromatic rings. The van der Waals surface area contributed by atoms with Crippen LogP contribution in [0.1, 0.15) is 36.2 Å². The lowest BCUT2D eigenvalue weighted by molar-refractivity contribution is -0.141. The van der Waals surface area contributed by atoms with E-state index in [-0.39, 0.29) is 35.5 Å². The number of hydrogen-bond donors (Lipinski definition) is 0. The summed E-state index contributed by atoms with van der Waals surface area (Å²) < 4.78 is 55.3. The van der Waals surface area contributed by atoms with Crippen molar-refractivity contribution in [3.05, 3.63) is 77.9 Å². The quantitative estimate of drug-likeness (QED) is 0.205. The Kier molecular flexibility index (Phi) is 8.77. The van der Waals surface area contributed by atoms with Crippen LogP contribution < -0.4 is 4.74 Å². The molecule has 6 nitrogen and oxygen atoms in total. The van der Waals surface area contributed by atoms with Crippen molar-refractivity contribution in [1.29, 1.82) is 0 Å². The van der Waals surface area contributed by atoms with Gasteiger partial charge in [-0.05, 0) is 49.2 Å². The van der Waals surface area contributed by atoms with Crippen molar-refractivity contribution < 1.29 is 41.8 Å². The molecule has 34 heavy (non-hydrogen) atoms. The molecule has 0 aromatic heterocycles. The number of carbonyl (C=O) groups excluding carboxylic acids is 3. The predicted molar refractivity (Wildman–Crippen MR) is 118 cm³/mol. The summed E-state index contributed by atoms with van der Waals surface area (Å²) >= 11 is 0. The van der Waals surface area contributed by atoms with E-state index in [0.717, 1.165) is 12.1 Å². The Morgan fingerprint density at radius 1 is 0.824 bits per heavy atom. The standard InChI is InChI=1S/C25H23F3O6/c1-15(2)22(29)32-12-5-13-33-24(31)18-8-6-17(7-9-18)19-10-11-21(34-23(30)16(3)4)20(14-19)25(26,27)28/h6-11,14H,1,3,5,12-13H2,2,4H3. The van der Waals surface area contributed by atoms with Crippen LogP contribution in [-0.2, 0) is 25.2 Å². The van der Waals surface area contributed by atoms with Crippen LogP contribution in [-0.4, -0.2) is 31.1 Å². The van der Waals surface area contributed by atoms with E-state index >= 15 is 0 Å². The van der Waals surface area contributed by atoms with Crippen LogP contribution in [0.15, 0.2) is 66.8 Å². The van der Waals surface area contributed by atoms with E-state index in [4.69, 9.17) is 14.2 Å². The van der Waals surface area contributed by atoms with Gasteiger partial charge in [-0.25, -0.2) is 14.4 Å². The lowest BCUT2D eigenvalue weighted by atomic mass is 10.0. The summed E-state index contributed by atoms with van der Waals surface area (Å²) in [5.74, 6) is -2.75. The van der Waals surface area contributed by atoms with Gasteiger partial charge >= 0.3 is 24.1 Å². The smallest absolute Gasteiger partial charge is 0.420 e. The Balaban J connectivity index is 2.07. The Morgan fingerprint density at radius 2 is 1.38 bits per heavy atom. The third-order valence-corrected chi connectivity index (χ3v) is 4.39. The second-order valence-electron chi connectivity index (χ2n) is 7.36. The number of alkyl halides is 3. The highest BCUT2D eigenvalue weighted by Crippen LogP contribution is 2.39. The van der Waals surface area contributed by atoms with Crippen LogP contribution in [0.4, 0.5) is 13.2 Å². The molecular weight excluding hydrogens is 453 g/mol. The molecule has 0 saturated heterocycles. The van der Waals surface area contributed by atoms with Gasteiger partial charge in [0.05, 0.1) is 24.3 Å². The van der Waals surface area contributed by atoms with Crippen molar-refractivity contribution in [2.75, 3.05) is 13.2 Å². The summed E-state index contributed by atoms with van der Waals surface area (Å²) in [5.41, 5.74) is -0.0658. The molecule has 0 bridgehead atoms. The second-order valence-corrected chi connectivity index (χ2v) is 7.36. The molecular formula is C25H23F3O6. The molecule has 0 unspecified atom stereocenters. The number of rotatable bonds is 9. The fraction of sp³-hybridized carbons (Fsp3) is 0.240. The topological polar surface area (TPSA) is 78.9 Å². The highest BCUT2D eigenvalue weighted by atomic mass is 19.4. The molecule has 0 saturated carbocycles. The lowest BCUT2D eigenvalue weighted by Gasteiger charge is -2.15. The van der Waals surface area contributed by atoms with Crippen LogP contribution in [0.25, 0.3) is 11.1 Å². The van der Waals surface area contributed by atoms with Crippen molar-refractivity contribution >= 4 is 17.9 Å². The van der Waals surface area contributed by atoms with E-state index in [1.54, 1.807) is 0 Å². The van der Waals surface area contributed by atoms with Gasteiger partial charge < -0.3 is 14.2 Å². The molecule has 0 aliphatic heterocycles. The van der Waals surface area contributed by atoms with Gasteiger partial charge in [-0.3, -0.25) is 0 Å². The largest absolute Gasteiger partial charge is 0.462 e. The van der Waals surface area contributed by atoms with E-state index in [1.807, 2.05) is 0 Å². The van der Waals surface area contributed by atoms with Gasteiger partial charge in [0.25, 0.3) is 0 Å². The summed E-state index contributed by atoms with van der Waals surface area (Å²) in [6.07, 6.45) is -4.46. The van der Waals surface area contributed by atoms with Crippen LogP contribution in [0.2, 0.25) is 0 Å². The summed E-state index contributed by atoms with van der Waals surface area (Å²) in [7, 11) is 0. The molecule has 0 aliphatic rings. The number of benzene rings is 2. The molecule has 0 radical (unpaired) electrons. The molecule has 9 heteroatoms. The fourth-order valence-electron chi connectivity index (χ4n) is 2.60. The predicted octanol–water partition coefficient (Wildman–Crippen LogP) is 5.52. The molecule has 0 heterocycles. The van der Waals surface area contributed by atoms with Crippen molar-refractivity contribution in [2.24, 2.45) is 0 Å². The summed E-state index contributed by atoms with van der Waals surface area (Å²) in [5, 5.41) is 0. The monoisotopic (exact) mass is 476 g/mol. The molecule has 0 aliphatic carbocycles. The fourth-order valence-corrected chi connectivity index (χ4v) is 2.60. The SMILES string of the molecule is C=C(C)C(=O)OCCCOC(=O)c1ccc(-c2ccc(OC(=O)C(=C)C)c(C(F)(F)F)c2)cc1. The molecule has 2 aromatic carbocycles. The van der Waals surface area contributed by atoms with Crippen molar-refractivity contribution in [2.45, 2.75) is 26.4 Å². The van der Waals surface area contributed by atoms with E-state index in [1.165, 1.54) is 44.2 Å². The minimum absolute atomic E-state index is 0.0172.